The highest BCUT2D eigenvalue weighted by molar-refractivity contribution is 5.83. The number of methoxy groups -OCH3 is 1. The Morgan fingerprint density at radius 3 is 2.79 bits per heavy atom. The van der Waals surface area contributed by atoms with Gasteiger partial charge in [-0.05, 0) is 19.3 Å². The van der Waals surface area contributed by atoms with Gasteiger partial charge in [0.25, 0.3) is 0 Å². The van der Waals surface area contributed by atoms with E-state index in [-0.39, 0.29) is 18.2 Å². The molecule has 0 aromatic carbocycles. The lowest BCUT2D eigenvalue weighted by molar-refractivity contribution is -0.141. The maximum Gasteiger partial charge on any atom is 0.326 e. The predicted octanol–water partition coefficient (Wildman–Crippen LogP) is 0.979. The Bertz CT molecular complexity index is 383. The Hall–Kier alpha value is -1.56. The minimum atomic E-state index is -0.974. The number of rotatable bonds is 3. The van der Waals surface area contributed by atoms with Gasteiger partial charge in [-0.2, -0.15) is 0 Å². The monoisotopic (exact) mass is 268 g/mol. The number of urea groups is 1. The van der Waals surface area contributed by atoms with Crippen LogP contribution in [0.2, 0.25) is 0 Å². The van der Waals surface area contributed by atoms with Crippen LogP contribution in [0.5, 0.6) is 0 Å². The fraction of sp³-hybridized carbons (Fsp3) is 0.692. The van der Waals surface area contributed by atoms with Crippen LogP contribution in [-0.2, 0) is 9.53 Å². The van der Waals surface area contributed by atoms with E-state index in [1.807, 2.05) is 6.08 Å². The first-order chi connectivity index (χ1) is 9.11. The van der Waals surface area contributed by atoms with Crippen LogP contribution >= 0.6 is 0 Å². The maximum absolute atomic E-state index is 12.2. The van der Waals surface area contributed by atoms with Gasteiger partial charge < -0.3 is 20.1 Å². The SMILES string of the molecule is COC1CC(C(=O)O)N(C(=O)NC2CC=CCC2)C1. The number of nitrogens with zero attached hydrogens (tertiary/aromatic N) is 1. The number of carboxylic acids is 1. The van der Waals surface area contributed by atoms with E-state index in [9.17, 15) is 9.59 Å². The zero-order valence-electron chi connectivity index (χ0n) is 11.0. The lowest BCUT2D eigenvalue weighted by Gasteiger charge is -2.26. The van der Waals surface area contributed by atoms with Crippen molar-refractivity contribution < 1.29 is 19.4 Å². The molecule has 6 heteroatoms. The van der Waals surface area contributed by atoms with Crippen LogP contribution in [0.3, 0.4) is 0 Å². The number of hydrogen-bond donors (Lipinski definition) is 2. The molecule has 0 radical (unpaired) electrons. The molecule has 0 saturated carbocycles. The van der Waals surface area contributed by atoms with Crippen molar-refractivity contribution in [3.63, 3.8) is 0 Å². The van der Waals surface area contributed by atoms with E-state index < -0.39 is 12.0 Å². The molecule has 6 nitrogen and oxygen atoms in total. The van der Waals surface area contributed by atoms with E-state index in [4.69, 9.17) is 9.84 Å². The molecule has 0 aromatic heterocycles. The molecule has 19 heavy (non-hydrogen) atoms. The summed E-state index contributed by atoms with van der Waals surface area (Å²) in [6.45, 7) is 0.335. The Balaban J connectivity index is 1.96. The molecular weight excluding hydrogens is 248 g/mol. The van der Waals surface area contributed by atoms with Crippen LogP contribution < -0.4 is 5.32 Å². The first kappa shape index (κ1) is 13.9. The fourth-order valence-corrected chi connectivity index (χ4v) is 2.61. The van der Waals surface area contributed by atoms with E-state index in [1.54, 1.807) is 0 Å². The van der Waals surface area contributed by atoms with Gasteiger partial charge in [0.05, 0.1) is 6.10 Å². The van der Waals surface area contributed by atoms with Crippen molar-refractivity contribution in [1.29, 1.82) is 0 Å². The summed E-state index contributed by atoms with van der Waals surface area (Å²) in [4.78, 5) is 24.7. The standard InChI is InChI=1S/C13H20N2O4/c1-19-10-7-11(12(16)17)15(8-10)13(18)14-9-5-3-2-4-6-9/h2-3,9-11H,4-8H2,1H3,(H,14,18)(H,16,17). The molecule has 1 aliphatic heterocycles. The molecule has 3 unspecified atom stereocenters. The number of likely N-dealkylation sites (tertiary alicyclic amines) is 1. The Labute approximate surface area is 112 Å². The number of carboxylic acid groups (broad SMARTS) is 1. The fourth-order valence-electron chi connectivity index (χ4n) is 2.61. The highest BCUT2D eigenvalue weighted by Gasteiger charge is 2.40. The summed E-state index contributed by atoms with van der Waals surface area (Å²) in [6.07, 6.45) is 6.97. The lowest BCUT2D eigenvalue weighted by atomic mass is 10.0. The normalized spacial score (nSPS) is 30.4. The van der Waals surface area contributed by atoms with Crippen LogP contribution in [0.25, 0.3) is 0 Å². The largest absolute Gasteiger partial charge is 0.480 e. The first-order valence-electron chi connectivity index (χ1n) is 6.59. The average Bonchev–Trinajstić information content (AvgIpc) is 2.84. The van der Waals surface area contributed by atoms with E-state index in [0.29, 0.717) is 13.0 Å². The lowest BCUT2D eigenvalue weighted by Crippen LogP contribution is -2.49. The highest BCUT2D eigenvalue weighted by Crippen LogP contribution is 2.21. The van der Waals surface area contributed by atoms with Crippen molar-refractivity contribution >= 4 is 12.0 Å². The van der Waals surface area contributed by atoms with E-state index in [1.165, 1.54) is 12.0 Å². The second-order valence-corrected chi connectivity index (χ2v) is 5.03. The zero-order chi connectivity index (χ0) is 13.8. The summed E-state index contributed by atoms with van der Waals surface area (Å²) >= 11 is 0. The van der Waals surface area contributed by atoms with E-state index in [2.05, 4.69) is 11.4 Å². The van der Waals surface area contributed by atoms with Crippen molar-refractivity contribution in [2.45, 2.75) is 43.9 Å². The van der Waals surface area contributed by atoms with Gasteiger partial charge in [-0.15, -0.1) is 0 Å². The molecule has 3 atom stereocenters. The minimum absolute atomic E-state index is 0.105. The molecular formula is C13H20N2O4. The first-order valence-corrected chi connectivity index (χ1v) is 6.59. The number of amides is 2. The van der Waals surface area contributed by atoms with Crippen LogP contribution in [0, 0.1) is 0 Å². The molecule has 0 bridgehead atoms. The van der Waals surface area contributed by atoms with E-state index >= 15 is 0 Å². The van der Waals surface area contributed by atoms with Crippen LogP contribution in [0.4, 0.5) is 4.79 Å². The molecule has 106 valence electrons. The van der Waals surface area contributed by atoms with Gasteiger partial charge in [0.1, 0.15) is 6.04 Å². The molecule has 1 fully saturated rings. The van der Waals surface area contributed by atoms with Gasteiger partial charge in [-0.3, -0.25) is 0 Å². The van der Waals surface area contributed by atoms with Crippen molar-refractivity contribution in [2.75, 3.05) is 13.7 Å². The summed E-state index contributed by atoms with van der Waals surface area (Å²) in [6, 6.07) is -0.982. The van der Waals surface area contributed by atoms with Gasteiger partial charge in [0.15, 0.2) is 0 Å². The number of ether oxygens (including phenoxy) is 1. The molecule has 0 aromatic rings. The maximum atomic E-state index is 12.2. The Kier molecular flexibility index (Phi) is 4.42. The summed E-state index contributed by atoms with van der Waals surface area (Å²) in [5, 5.41) is 12.1. The molecule has 2 N–H and O–H groups in total. The van der Waals surface area contributed by atoms with Crippen LogP contribution in [0.1, 0.15) is 25.7 Å². The van der Waals surface area contributed by atoms with Gasteiger partial charge >= 0.3 is 12.0 Å². The molecule has 1 saturated heterocycles. The van der Waals surface area contributed by atoms with Crippen LogP contribution in [-0.4, -0.2) is 53.8 Å². The Morgan fingerprint density at radius 2 is 2.21 bits per heavy atom. The molecule has 1 aliphatic carbocycles. The van der Waals surface area contributed by atoms with Crippen molar-refractivity contribution in [3.05, 3.63) is 12.2 Å². The van der Waals surface area contributed by atoms with Gasteiger partial charge in [0.2, 0.25) is 0 Å². The van der Waals surface area contributed by atoms with Gasteiger partial charge in [-0.25, -0.2) is 9.59 Å². The molecule has 0 spiro atoms. The Morgan fingerprint density at radius 1 is 1.42 bits per heavy atom. The number of hydrogen-bond acceptors (Lipinski definition) is 3. The van der Waals surface area contributed by atoms with E-state index in [0.717, 1.165) is 19.3 Å². The number of carbonyl (C=O) groups excluding carboxylic acids is 1. The smallest absolute Gasteiger partial charge is 0.326 e. The molecule has 2 rings (SSSR count). The summed E-state index contributed by atoms with van der Waals surface area (Å²) in [5.41, 5.74) is 0. The van der Waals surface area contributed by atoms with Crippen molar-refractivity contribution in [3.8, 4) is 0 Å². The zero-order valence-corrected chi connectivity index (χ0v) is 11.0. The van der Waals surface area contributed by atoms with Gasteiger partial charge in [-0.1, -0.05) is 12.2 Å². The second-order valence-electron chi connectivity index (χ2n) is 5.03. The quantitative estimate of drug-likeness (QED) is 0.748. The predicted molar refractivity (Wildman–Crippen MR) is 68.9 cm³/mol. The topological polar surface area (TPSA) is 78.9 Å². The van der Waals surface area contributed by atoms with Crippen molar-refractivity contribution in [1.82, 2.24) is 10.2 Å². The summed E-state index contributed by atoms with van der Waals surface area (Å²) in [5.74, 6) is -0.974. The second kappa shape index (κ2) is 6.06. The third-order valence-corrected chi connectivity index (χ3v) is 3.74. The number of aliphatic carboxylic acids is 1. The van der Waals surface area contributed by atoms with Crippen molar-refractivity contribution in [2.24, 2.45) is 0 Å². The van der Waals surface area contributed by atoms with Crippen LogP contribution in [0.15, 0.2) is 12.2 Å². The number of nitrogens with one attached hydrogen (secondary N) is 1. The third kappa shape index (κ3) is 3.26. The summed E-state index contributed by atoms with van der Waals surface area (Å²) < 4.78 is 5.17. The van der Waals surface area contributed by atoms with Gasteiger partial charge in [0, 0.05) is 26.1 Å². The molecule has 2 amide bonds. The summed E-state index contributed by atoms with van der Waals surface area (Å²) in [7, 11) is 1.54. The number of carbonyl (C=O) groups is 2. The highest BCUT2D eigenvalue weighted by atomic mass is 16.5. The molecule has 2 aliphatic rings. The minimum Gasteiger partial charge on any atom is -0.480 e. The number of allylic oxidation sites excluding steroid dienone is 1. The average molecular weight is 268 g/mol. The third-order valence-electron chi connectivity index (χ3n) is 3.74. The molecule has 1 heterocycles.